The summed E-state index contributed by atoms with van der Waals surface area (Å²) in [6.07, 6.45) is 0. The van der Waals surface area contributed by atoms with E-state index in [4.69, 9.17) is 34.8 Å². The van der Waals surface area contributed by atoms with Gasteiger partial charge in [0.2, 0.25) is 0 Å². The van der Waals surface area contributed by atoms with Crippen LogP contribution in [0.15, 0.2) is 29.8 Å². The zero-order valence-electron chi connectivity index (χ0n) is 10.9. The monoisotopic (exact) mass is 332 g/mol. The molecule has 3 nitrogen and oxygen atoms in total. The molecule has 1 heterocycles. The summed E-state index contributed by atoms with van der Waals surface area (Å²) in [4.78, 5) is 16.4. The number of hydrogen-bond acceptors (Lipinski definition) is 2. The van der Waals surface area contributed by atoms with Gasteiger partial charge in [-0.15, -0.1) is 0 Å². The number of carbonyl (C=O) groups is 1. The standard InChI is InChI=1S/C14H15Cl3N2O/c1-10(15)9-18-2-4-19(5-3-18)14(20)11-6-12(16)8-13(17)7-11/h6-8H,1-5,9H2. The SMILES string of the molecule is C=C(Cl)CN1CCN(C(=O)c2cc(Cl)cc(Cl)c2)CC1. The van der Waals surface area contributed by atoms with E-state index in [0.29, 0.717) is 40.3 Å². The number of nitrogens with zero attached hydrogens (tertiary/aromatic N) is 2. The van der Waals surface area contributed by atoms with Gasteiger partial charge in [0.05, 0.1) is 0 Å². The highest BCUT2D eigenvalue weighted by atomic mass is 35.5. The van der Waals surface area contributed by atoms with Crippen molar-refractivity contribution < 1.29 is 4.79 Å². The molecule has 0 aliphatic carbocycles. The maximum Gasteiger partial charge on any atom is 0.254 e. The average molecular weight is 334 g/mol. The zero-order chi connectivity index (χ0) is 14.7. The van der Waals surface area contributed by atoms with Crippen molar-refractivity contribution in [3.63, 3.8) is 0 Å². The summed E-state index contributed by atoms with van der Waals surface area (Å²) in [6.45, 7) is 7.23. The van der Waals surface area contributed by atoms with Gasteiger partial charge in [0.25, 0.3) is 5.91 Å². The molecule has 0 N–H and O–H groups in total. The first-order valence-electron chi connectivity index (χ1n) is 6.26. The van der Waals surface area contributed by atoms with E-state index in [-0.39, 0.29) is 5.91 Å². The van der Waals surface area contributed by atoms with Crippen LogP contribution in [0.2, 0.25) is 10.0 Å². The molecule has 108 valence electrons. The molecule has 1 aliphatic heterocycles. The largest absolute Gasteiger partial charge is 0.336 e. The Morgan fingerprint density at radius 2 is 1.65 bits per heavy atom. The molecule has 2 rings (SSSR count). The summed E-state index contributed by atoms with van der Waals surface area (Å²) in [5, 5.41) is 1.56. The minimum absolute atomic E-state index is 0.0428. The first-order chi connectivity index (χ1) is 9.45. The van der Waals surface area contributed by atoms with Gasteiger partial charge in [-0.2, -0.15) is 0 Å². The topological polar surface area (TPSA) is 23.6 Å². The van der Waals surface area contributed by atoms with Crippen molar-refractivity contribution in [3.8, 4) is 0 Å². The van der Waals surface area contributed by atoms with Crippen molar-refractivity contribution in [1.82, 2.24) is 9.80 Å². The Morgan fingerprint density at radius 1 is 1.10 bits per heavy atom. The highest BCUT2D eigenvalue weighted by Crippen LogP contribution is 2.20. The first-order valence-corrected chi connectivity index (χ1v) is 7.40. The highest BCUT2D eigenvalue weighted by Gasteiger charge is 2.22. The number of piperazine rings is 1. The van der Waals surface area contributed by atoms with Gasteiger partial charge >= 0.3 is 0 Å². The van der Waals surface area contributed by atoms with E-state index in [1.807, 2.05) is 0 Å². The second-order valence-electron chi connectivity index (χ2n) is 4.74. The second-order valence-corrected chi connectivity index (χ2v) is 6.15. The van der Waals surface area contributed by atoms with Crippen LogP contribution in [-0.2, 0) is 0 Å². The molecule has 6 heteroatoms. The van der Waals surface area contributed by atoms with Crippen LogP contribution in [-0.4, -0.2) is 48.4 Å². The third kappa shape index (κ3) is 4.13. The van der Waals surface area contributed by atoms with E-state index in [1.54, 1.807) is 23.1 Å². The normalized spacial score (nSPS) is 16.2. The van der Waals surface area contributed by atoms with Crippen LogP contribution in [0.25, 0.3) is 0 Å². The summed E-state index contributed by atoms with van der Waals surface area (Å²) in [5.74, 6) is -0.0428. The predicted molar refractivity (Wildman–Crippen MR) is 83.8 cm³/mol. The lowest BCUT2D eigenvalue weighted by atomic mass is 10.2. The van der Waals surface area contributed by atoms with Crippen LogP contribution in [0.5, 0.6) is 0 Å². The summed E-state index contributed by atoms with van der Waals surface area (Å²) in [5.41, 5.74) is 0.526. The van der Waals surface area contributed by atoms with E-state index >= 15 is 0 Å². The molecule has 1 amide bonds. The van der Waals surface area contributed by atoms with E-state index in [9.17, 15) is 4.79 Å². The number of hydrogen-bond donors (Lipinski definition) is 0. The van der Waals surface area contributed by atoms with E-state index < -0.39 is 0 Å². The number of amides is 1. The van der Waals surface area contributed by atoms with Crippen molar-refractivity contribution in [2.75, 3.05) is 32.7 Å². The lowest BCUT2D eigenvalue weighted by molar-refractivity contribution is 0.0649. The average Bonchev–Trinajstić information content (AvgIpc) is 2.37. The molecule has 0 saturated carbocycles. The Hall–Kier alpha value is -0.740. The van der Waals surface area contributed by atoms with Crippen LogP contribution < -0.4 is 0 Å². The molecule has 0 aromatic heterocycles. The Labute approximate surface area is 133 Å². The Bertz CT molecular complexity index is 505. The van der Waals surface area contributed by atoms with E-state index in [1.165, 1.54) is 0 Å². The second kappa shape index (κ2) is 6.81. The van der Waals surface area contributed by atoms with Crippen LogP contribution >= 0.6 is 34.8 Å². The van der Waals surface area contributed by atoms with Crippen LogP contribution in [0.1, 0.15) is 10.4 Å². The molecule has 1 fully saturated rings. The zero-order valence-corrected chi connectivity index (χ0v) is 13.2. The maximum atomic E-state index is 12.4. The highest BCUT2D eigenvalue weighted by molar-refractivity contribution is 6.35. The van der Waals surface area contributed by atoms with Gasteiger partial charge < -0.3 is 4.90 Å². The summed E-state index contributed by atoms with van der Waals surface area (Å²) in [6, 6.07) is 4.90. The van der Waals surface area contributed by atoms with Gasteiger partial charge in [-0.1, -0.05) is 41.4 Å². The van der Waals surface area contributed by atoms with Crippen molar-refractivity contribution in [1.29, 1.82) is 0 Å². The summed E-state index contributed by atoms with van der Waals surface area (Å²) >= 11 is 17.6. The molecule has 0 atom stereocenters. The minimum Gasteiger partial charge on any atom is -0.336 e. The third-order valence-electron chi connectivity index (χ3n) is 3.16. The van der Waals surface area contributed by atoms with Crippen molar-refractivity contribution in [3.05, 3.63) is 45.4 Å². The van der Waals surface area contributed by atoms with E-state index in [2.05, 4.69) is 11.5 Å². The van der Waals surface area contributed by atoms with Gasteiger partial charge in [-0.3, -0.25) is 9.69 Å². The number of carbonyl (C=O) groups excluding carboxylic acids is 1. The van der Waals surface area contributed by atoms with E-state index in [0.717, 1.165) is 13.1 Å². The van der Waals surface area contributed by atoms with Crippen LogP contribution in [0.3, 0.4) is 0 Å². The Kier molecular flexibility index (Phi) is 5.33. The molecular weight excluding hydrogens is 319 g/mol. The molecule has 0 spiro atoms. The fraction of sp³-hybridized carbons (Fsp3) is 0.357. The van der Waals surface area contributed by atoms with Gasteiger partial charge in [-0.25, -0.2) is 0 Å². The molecule has 0 bridgehead atoms. The van der Waals surface area contributed by atoms with Crippen LogP contribution in [0.4, 0.5) is 0 Å². The number of benzene rings is 1. The maximum absolute atomic E-state index is 12.4. The molecule has 20 heavy (non-hydrogen) atoms. The van der Waals surface area contributed by atoms with Gasteiger partial charge in [0, 0.05) is 53.4 Å². The predicted octanol–water partition coefficient (Wildman–Crippen LogP) is 3.50. The molecule has 1 aliphatic rings. The van der Waals surface area contributed by atoms with Crippen molar-refractivity contribution in [2.45, 2.75) is 0 Å². The number of rotatable bonds is 3. The van der Waals surface area contributed by atoms with Gasteiger partial charge in [0.15, 0.2) is 0 Å². The van der Waals surface area contributed by atoms with Crippen molar-refractivity contribution >= 4 is 40.7 Å². The summed E-state index contributed by atoms with van der Waals surface area (Å²) < 4.78 is 0. The molecule has 1 aromatic rings. The fourth-order valence-corrected chi connectivity index (χ4v) is 2.91. The minimum atomic E-state index is -0.0428. The molecule has 0 radical (unpaired) electrons. The molecule has 1 aromatic carbocycles. The molecule has 0 unspecified atom stereocenters. The van der Waals surface area contributed by atoms with Crippen molar-refractivity contribution in [2.24, 2.45) is 0 Å². The first kappa shape index (κ1) is 15.6. The Morgan fingerprint density at radius 3 is 2.15 bits per heavy atom. The smallest absolute Gasteiger partial charge is 0.254 e. The van der Waals surface area contributed by atoms with Gasteiger partial charge in [0.1, 0.15) is 0 Å². The molecular formula is C14H15Cl3N2O. The lowest BCUT2D eigenvalue weighted by Crippen LogP contribution is -2.48. The number of halogens is 3. The van der Waals surface area contributed by atoms with Gasteiger partial charge in [-0.05, 0) is 18.2 Å². The third-order valence-corrected chi connectivity index (χ3v) is 3.72. The fourth-order valence-electron chi connectivity index (χ4n) is 2.21. The van der Waals surface area contributed by atoms with Crippen LogP contribution in [0, 0.1) is 0 Å². The molecule has 1 saturated heterocycles. The summed E-state index contributed by atoms with van der Waals surface area (Å²) in [7, 11) is 0. The Balaban J connectivity index is 1.99. The quantitative estimate of drug-likeness (QED) is 0.845. The lowest BCUT2D eigenvalue weighted by Gasteiger charge is -2.34.